The first-order valence-corrected chi connectivity index (χ1v) is 15.2. The van der Waals surface area contributed by atoms with E-state index >= 15 is 0 Å². The van der Waals surface area contributed by atoms with Crippen LogP contribution in [0.2, 0.25) is 5.02 Å². The number of aromatic carboxylic acids is 1. The minimum Gasteiger partial charge on any atom is -0.478 e. The zero-order valence-corrected chi connectivity index (χ0v) is 25.1. The first kappa shape index (κ1) is 29.7. The van der Waals surface area contributed by atoms with E-state index in [0.29, 0.717) is 60.5 Å². The summed E-state index contributed by atoms with van der Waals surface area (Å²) in [7, 11) is 0. The number of piperazine rings is 1. The number of ether oxygens (including phenoxy) is 1. The normalized spacial score (nSPS) is 20.3. The number of anilines is 1. The van der Waals surface area contributed by atoms with E-state index in [-0.39, 0.29) is 34.8 Å². The summed E-state index contributed by atoms with van der Waals surface area (Å²) in [4.78, 5) is 52.8. The number of amidine groups is 1. The van der Waals surface area contributed by atoms with Gasteiger partial charge in [0.1, 0.15) is 11.9 Å². The predicted octanol–water partition coefficient (Wildman–Crippen LogP) is 4.17. The molecule has 2 saturated heterocycles. The highest BCUT2D eigenvalue weighted by Gasteiger charge is 2.42. The molecule has 0 spiro atoms. The number of fused-ring (bicyclic) bond motifs is 1. The number of carbonyl (C=O) groups excluding carboxylic acids is 2. The van der Waals surface area contributed by atoms with E-state index in [1.165, 1.54) is 35.6 Å². The van der Waals surface area contributed by atoms with Crippen LogP contribution in [0.15, 0.2) is 70.3 Å². The van der Waals surface area contributed by atoms with Crippen LogP contribution in [0.3, 0.4) is 0 Å². The van der Waals surface area contributed by atoms with E-state index in [9.17, 15) is 23.9 Å². The molecule has 6 rings (SSSR count). The standard InChI is InChI=1S/C30H28ClFN6O5S/c1-2-43-29(41)23-22(34-26(27-33-10-13-44-27)35-25(23)20-4-3-5-21(32)24(20)31)16-36-11-12-37-19(14-36)15-38(30(37)42)18-8-6-17(7-9-18)28(39)40/h3-10,13,19,25H,2,11-12,14-16H2,1H3,(H,34,35)(H,39,40). The van der Waals surface area contributed by atoms with Crippen molar-refractivity contribution in [1.82, 2.24) is 20.1 Å². The summed E-state index contributed by atoms with van der Waals surface area (Å²) >= 11 is 7.78. The van der Waals surface area contributed by atoms with Crippen molar-refractivity contribution in [2.75, 3.05) is 44.2 Å². The van der Waals surface area contributed by atoms with Gasteiger partial charge in [-0.2, -0.15) is 0 Å². The molecule has 2 atom stereocenters. The SMILES string of the molecule is CCOC(=O)C1=C(CN2CCN3C(=O)N(c4ccc(C(=O)O)cc4)CC3C2)NC(c2nccs2)=NC1c1cccc(F)c1Cl. The van der Waals surface area contributed by atoms with Crippen molar-refractivity contribution in [3.8, 4) is 0 Å². The number of halogens is 2. The van der Waals surface area contributed by atoms with Crippen molar-refractivity contribution in [1.29, 1.82) is 0 Å². The fourth-order valence-corrected chi connectivity index (χ4v) is 6.53. The van der Waals surface area contributed by atoms with Crippen LogP contribution in [0.5, 0.6) is 0 Å². The number of esters is 1. The van der Waals surface area contributed by atoms with Crippen LogP contribution >= 0.6 is 22.9 Å². The van der Waals surface area contributed by atoms with Crippen molar-refractivity contribution < 1.29 is 28.6 Å². The Kier molecular flexibility index (Phi) is 8.34. The van der Waals surface area contributed by atoms with Gasteiger partial charge in [-0.3, -0.25) is 14.8 Å². The van der Waals surface area contributed by atoms with Gasteiger partial charge in [0.25, 0.3) is 0 Å². The average molecular weight is 639 g/mol. The lowest BCUT2D eigenvalue weighted by atomic mass is 9.95. The minimum absolute atomic E-state index is 0.127. The maximum absolute atomic E-state index is 14.6. The predicted molar refractivity (Wildman–Crippen MR) is 163 cm³/mol. The number of amides is 2. The van der Waals surface area contributed by atoms with E-state index in [1.807, 2.05) is 10.3 Å². The minimum atomic E-state index is -1.03. The molecule has 3 aliphatic rings. The Morgan fingerprint density at radius 2 is 1.98 bits per heavy atom. The highest BCUT2D eigenvalue weighted by atomic mass is 35.5. The van der Waals surface area contributed by atoms with Crippen LogP contribution in [0.1, 0.15) is 33.9 Å². The summed E-state index contributed by atoms with van der Waals surface area (Å²) < 4.78 is 20.1. The molecule has 0 saturated carbocycles. The van der Waals surface area contributed by atoms with Gasteiger partial charge in [-0.25, -0.2) is 23.8 Å². The fourth-order valence-electron chi connectivity index (χ4n) is 5.71. The number of carboxylic acids is 1. The third-order valence-corrected chi connectivity index (χ3v) is 8.96. The molecule has 2 amide bonds. The zero-order chi connectivity index (χ0) is 31.0. The van der Waals surface area contributed by atoms with Crippen LogP contribution < -0.4 is 10.2 Å². The maximum atomic E-state index is 14.6. The average Bonchev–Trinajstić information content (AvgIpc) is 3.67. The van der Waals surface area contributed by atoms with Gasteiger partial charge in [-0.15, -0.1) is 11.3 Å². The van der Waals surface area contributed by atoms with Gasteiger partial charge in [0.15, 0.2) is 10.8 Å². The Morgan fingerprint density at radius 3 is 2.68 bits per heavy atom. The molecule has 4 heterocycles. The molecule has 1 aromatic heterocycles. The largest absolute Gasteiger partial charge is 0.478 e. The second kappa shape index (κ2) is 12.3. The number of hydrogen-bond donors (Lipinski definition) is 2. The van der Waals surface area contributed by atoms with Crippen molar-refractivity contribution in [2.45, 2.75) is 19.0 Å². The van der Waals surface area contributed by atoms with Crippen LogP contribution in [0.4, 0.5) is 14.9 Å². The number of benzene rings is 2. The van der Waals surface area contributed by atoms with Crippen molar-refractivity contribution in [2.24, 2.45) is 4.99 Å². The molecule has 14 heteroatoms. The second-order valence-electron chi connectivity index (χ2n) is 10.4. The number of carbonyl (C=O) groups is 3. The number of carboxylic acid groups (broad SMARTS) is 1. The first-order valence-electron chi connectivity index (χ1n) is 14.0. The van der Waals surface area contributed by atoms with Gasteiger partial charge >= 0.3 is 18.0 Å². The number of nitrogens with one attached hydrogen (secondary N) is 1. The number of nitrogens with zero attached hydrogens (tertiary/aromatic N) is 5. The van der Waals surface area contributed by atoms with Gasteiger partial charge in [-0.1, -0.05) is 23.7 Å². The van der Waals surface area contributed by atoms with Gasteiger partial charge < -0.3 is 20.1 Å². The number of aliphatic imine (C=N–C) groups is 1. The van der Waals surface area contributed by atoms with Gasteiger partial charge in [0.05, 0.1) is 28.8 Å². The van der Waals surface area contributed by atoms with E-state index in [1.54, 1.807) is 36.2 Å². The topological polar surface area (TPSA) is 128 Å². The molecule has 2 unspecified atom stereocenters. The van der Waals surface area contributed by atoms with Crippen LogP contribution in [0, 0.1) is 5.82 Å². The molecule has 3 aromatic rings. The number of urea groups is 1. The third-order valence-electron chi connectivity index (χ3n) is 7.78. The fraction of sp³-hybridized carbons (Fsp3) is 0.300. The van der Waals surface area contributed by atoms with Crippen molar-refractivity contribution >= 4 is 52.4 Å². The Bertz CT molecular complexity index is 1660. The molecular weight excluding hydrogens is 611 g/mol. The van der Waals surface area contributed by atoms with E-state index in [0.717, 1.165) is 0 Å². The Hall–Kier alpha value is -4.33. The molecule has 11 nitrogen and oxygen atoms in total. The molecule has 2 aromatic carbocycles. The van der Waals surface area contributed by atoms with Crippen LogP contribution in [0.25, 0.3) is 0 Å². The second-order valence-corrected chi connectivity index (χ2v) is 11.7. The van der Waals surface area contributed by atoms with E-state index < -0.39 is 23.8 Å². The third kappa shape index (κ3) is 5.65. The summed E-state index contributed by atoms with van der Waals surface area (Å²) in [5.41, 5.74) is 1.87. The van der Waals surface area contributed by atoms with Crippen molar-refractivity contribution in [3.63, 3.8) is 0 Å². The number of thiazole rings is 1. The molecule has 44 heavy (non-hydrogen) atoms. The highest BCUT2D eigenvalue weighted by molar-refractivity contribution is 7.11. The number of hydrogen-bond acceptors (Lipinski definition) is 9. The molecule has 2 N–H and O–H groups in total. The summed E-state index contributed by atoms with van der Waals surface area (Å²) in [6.07, 6.45) is 1.65. The Balaban J connectivity index is 1.30. The van der Waals surface area contributed by atoms with Gasteiger partial charge in [0, 0.05) is 61.2 Å². The summed E-state index contributed by atoms with van der Waals surface area (Å²) in [5, 5.41) is 14.8. The van der Waals surface area contributed by atoms with E-state index in [2.05, 4.69) is 15.2 Å². The Morgan fingerprint density at radius 1 is 1.18 bits per heavy atom. The quantitative estimate of drug-likeness (QED) is 0.352. The lowest BCUT2D eigenvalue weighted by Crippen LogP contribution is -2.53. The maximum Gasteiger partial charge on any atom is 0.338 e. The smallest absolute Gasteiger partial charge is 0.338 e. The molecule has 0 bridgehead atoms. The molecule has 2 fully saturated rings. The first-order chi connectivity index (χ1) is 21.2. The van der Waals surface area contributed by atoms with E-state index in [4.69, 9.17) is 21.3 Å². The van der Waals surface area contributed by atoms with Crippen LogP contribution in [-0.2, 0) is 9.53 Å². The summed E-state index contributed by atoms with van der Waals surface area (Å²) in [6.45, 7) is 4.08. The van der Waals surface area contributed by atoms with Crippen molar-refractivity contribution in [3.05, 3.63) is 92.3 Å². The summed E-state index contributed by atoms with van der Waals surface area (Å²) in [6, 6.07) is 9.44. The number of aromatic nitrogens is 1. The van der Waals surface area contributed by atoms with Gasteiger partial charge in [-0.05, 0) is 37.3 Å². The molecular formula is C30H28ClFN6O5S. The zero-order valence-electron chi connectivity index (χ0n) is 23.6. The van der Waals surface area contributed by atoms with Crippen LogP contribution in [-0.4, -0.2) is 89.1 Å². The Labute approximate surface area is 261 Å². The lowest BCUT2D eigenvalue weighted by Gasteiger charge is -2.38. The highest BCUT2D eigenvalue weighted by Crippen LogP contribution is 2.38. The van der Waals surface area contributed by atoms with Gasteiger partial charge in [0.2, 0.25) is 0 Å². The number of rotatable bonds is 8. The summed E-state index contributed by atoms with van der Waals surface area (Å²) in [5.74, 6) is -1.82. The molecule has 0 radical (unpaired) electrons. The molecule has 228 valence electrons. The molecule has 3 aliphatic heterocycles. The monoisotopic (exact) mass is 638 g/mol. The molecule has 0 aliphatic carbocycles. The lowest BCUT2D eigenvalue weighted by molar-refractivity contribution is -0.139.